The summed E-state index contributed by atoms with van der Waals surface area (Å²) in [5.41, 5.74) is 0. The van der Waals surface area contributed by atoms with Gasteiger partial charge in [0, 0.05) is 16.2 Å². The number of likely N-dealkylation sites (tertiary alicyclic amines) is 1. The first kappa shape index (κ1) is 12.6. The van der Waals surface area contributed by atoms with Crippen LogP contribution in [0.1, 0.15) is 26.2 Å². The van der Waals surface area contributed by atoms with Crippen molar-refractivity contribution in [3.63, 3.8) is 0 Å². The molecular formula is C11H15Br2NO2. The minimum Gasteiger partial charge on any atom is -0.282 e. The molecule has 5 heteroatoms. The van der Waals surface area contributed by atoms with Gasteiger partial charge in [0.2, 0.25) is 11.8 Å². The third kappa shape index (κ3) is 1.96. The molecular weight excluding hydrogens is 338 g/mol. The van der Waals surface area contributed by atoms with Crippen LogP contribution in [0.15, 0.2) is 0 Å². The molecule has 0 radical (unpaired) electrons. The molecule has 2 amide bonds. The second-order valence-corrected chi connectivity index (χ2v) is 6.90. The van der Waals surface area contributed by atoms with Crippen molar-refractivity contribution in [3.05, 3.63) is 0 Å². The molecule has 0 aromatic rings. The fourth-order valence-corrected chi connectivity index (χ4v) is 3.84. The minimum absolute atomic E-state index is 0.0423. The van der Waals surface area contributed by atoms with E-state index < -0.39 is 0 Å². The zero-order chi connectivity index (χ0) is 11.9. The second kappa shape index (κ2) is 4.77. The Balaban J connectivity index is 2.18. The van der Waals surface area contributed by atoms with Crippen molar-refractivity contribution < 1.29 is 9.59 Å². The number of carbonyl (C=O) groups is 2. The Kier molecular flexibility index (Phi) is 3.74. The predicted octanol–water partition coefficient (Wildman–Crippen LogP) is 2.32. The average molecular weight is 353 g/mol. The summed E-state index contributed by atoms with van der Waals surface area (Å²) in [5.74, 6) is -0.0872. The molecule has 2 aliphatic rings. The minimum atomic E-state index is -0.0859. The van der Waals surface area contributed by atoms with Gasteiger partial charge in [0.1, 0.15) is 0 Å². The Morgan fingerprint density at radius 2 is 1.56 bits per heavy atom. The highest BCUT2D eigenvalue weighted by molar-refractivity contribution is 9.12. The standard InChI is InChI=1S/C11H15Br2NO2/c1-2-3-14-10(15)6-4-8(12)9(13)5-7(6)11(14)16/h6-9H,2-5H2,1H3. The topological polar surface area (TPSA) is 37.4 Å². The number of rotatable bonds is 2. The van der Waals surface area contributed by atoms with Crippen molar-refractivity contribution in [2.45, 2.75) is 35.8 Å². The van der Waals surface area contributed by atoms with E-state index in [9.17, 15) is 9.59 Å². The van der Waals surface area contributed by atoms with Crippen molar-refractivity contribution >= 4 is 43.7 Å². The first-order valence-electron chi connectivity index (χ1n) is 5.69. The van der Waals surface area contributed by atoms with Crippen LogP contribution in [0.4, 0.5) is 0 Å². The monoisotopic (exact) mass is 351 g/mol. The molecule has 3 nitrogen and oxygen atoms in total. The lowest BCUT2D eigenvalue weighted by Crippen LogP contribution is -2.34. The second-order valence-electron chi connectivity index (χ2n) is 4.54. The van der Waals surface area contributed by atoms with Crippen LogP contribution in [0.3, 0.4) is 0 Å². The molecule has 1 saturated carbocycles. The van der Waals surface area contributed by atoms with Crippen molar-refractivity contribution in [3.8, 4) is 0 Å². The van der Waals surface area contributed by atoms with E-state index in [1.54, 1.807) is 0 Å². The number of hydrogen-bond donors (Lipinski definition) is 0. The summed E-state index contributed by atoms with van der Waals surface area (Å²) in [6.07, 6.45) is 2.38. The van der Waals surface area contributed by atoms with Gasteiger partial charge in [-0.05, 0) is 19.3 Å². The van der Waals surface area contributed by atoms with E-state index in [1.807, 2.05) is 6.92 Å². The number of amides is 2. The van der Waals surface area contributed by atoms with E-state index in [4.69, 9.17) is 0 Å². The SMILES string of the molecule is CCCN1C(=O)C2CC(Br)C(Br)CC2C1=O. The van der Waals surface area contributed by atoms with Gasteiger partial charge in [-0.15, -0.1) is 0 Å². The van der Waals surface area contributed by atoms with Crippen LogP contribution in [0.25, 0.3) is 0 Å². The Hall–Kier alpha value is 0.1000. The van der Waals surface area contributed by atoms with Crippen LogP contribution in [-0.4, -0.2) is 32.9 Å². The summed E-state index contributed by atoms with van der Waals surface area (Å²) in [5, 5.41) is 0. The van der Waals surface area contributed by atoms with E-state index in [2.05, 4.69) is 31.9 Å². The quantitative estimate of drug-likeness (QED) is 0.565. The summed E-state index contributed by atoms with van der Waals surface area (Å²) < 4.78 is 0. The van der Waals surface area contributed by atoms with E-state index in [1.165, 1.54) is 4.90 Å². The summed E-state index contributed by atoms with van der Waals surface area (Å²) >= 11 is 7.14. The number of hydrogen-bond acceptors (Lipinski definition) is 2. The lowest BCUT2D eigenvalue weighted by atomic mass is 9.81. The van der Waals surface area contributed by atoms with E-state index in [0.29, 0.717) is 16.2 Å². The molecule has 4 unspecified atom stereocenters. The van der Waals surface area contributed by atoms with Crippen LogP contribution in [-0.2, 0) is 9.59 Å². The van der Waals surface area contributed by atoms with Gasteiger partial charge < -0.3 is 0 Å². The zero-order valence-corrected chi connectivity index (χ0v) is 12.3. The molecule has 0 aromatic heterocycles. The van der Waals surface area contributed by atoms with Gasteiger partial charge in [0.15, 0.2) is 0 Å². The molecule has 0 N–H and O–H groups in total. The third-order valence-corrected chi connectivity index (χ3v) is 6.18. The van der Waals surface area contributed by atoms with Crippen molar-refractivity contribution in [2.75, 3.05) is 6.54 Å². The lowest BCUT2D eigenvalue weighted by Gasteiger charge is -2.29. The van der Waals surface area contributed by atoms with Gasteiger partial charge in [-0.1, -0.05) is 38.8 Å². The summed E-state index contributed by atoms with van der Waals surface area (Å²) in [6.45, 7) is 2.56. The van der Waals surface area contributed by atoms with E-state index in [-0.39, 0.29) is 23.7 Å². The number of fused-ring (bicyclic) bond motifs is 1. The number of imide groups is 1. The molecule has 1 heterocycles. The molecule has 2 fully saturated rings. The molecule has 16 heavy (non-hydrogen) atoms. The number of halogens is 2. The fraction of sp³-hybridized carbons (Fsp3) is 0.818. The van der Waals surface area contributed by atoms with Crippen molar-refractivity contribution in [1.82, 2.24) is 4.90 Å². The van der Waals surface area contributed by atoms with E-state index in [0.717, 1.165) is 19.3 Å². The molecule has 90 valence electrons. The Morgan fingerprint density at radius 1 is 1.12 bits per heavy atom. The zero-order valence-electron chi connectivity index (χ0n) is 9.16. The maximum absolute atomic E-state index is 12.1. The van der Waals surface area contributed by atoms with Gasteiger partial charge in [-0.25, -0.2) is 0 Å². The Morgan fingerprint density at radius 3 is 1.94 bits per heavy atom. The van der Waals surface area contributed by atoms with Gasteiger partial charge in [0.05, 0.1) is 11.8 Å². The lowest BCUT2D eigenvalue weighted by molar-refractivity contribution is -0.139. The number of carbonyl (C=O) groups excluding carboxylic acids is 2. The molecule has 1 aliphatic carbocycles. The van der Waals surface area contributed by atoms with Crippen LogP contribution < -0.4 is 0 Å². The molecule has 2 rings (SSSR count). The maximum Gasteiger partial charge on any atom is 0.233 e. The first-order chi connectivity index (χ1) is 7.56. The van der Waals surface area contributed by atoms with Crippen LogP contribution in [0.2, 0.25) is 0 Å². The van der Waals surface area contributed by atoms with Crippen molar-refractivity contribution in [2.24, 2.45) is 11.8 Å². The molecule has 1 saturated heterocycles. The van der Waals surface area contributed by atoms with Crippen LogP contribution in [0.5, 0.6) is 0 Å². The molecule has 0 aromatic carbocycles. The maximum atomic E-state index is 12.1. The third-order valence-electron chi connectivity index (χ3n) is 3.45. The number of nitrogens with zero attached hydrogens (tertiary/aromatic N) is 1. The highest BCUT2D eigenvalue weighted by Gasteiger charge is 2.51. The molecule has 4 atom stereocenters. The van der Waals surface area contributed by atoms with Crippen LogP contribution in [0, 0.1) is 11.8 Å². The largest absolute Gasteiger partial charge is 0.282 e. The Bertz CT molecular complexity index is 293. The molecule has 0 bridgehead atoms. The highest BCUT2D eigenvalue weighted by Crippen LogP contribution is 2.43. The van der Waals surface area contributed by atoms with Crippen molar-refractivity contribution in [1.29, 1.82) is 0 Å². The summed E-state index contributed by atoms with van der Waals surface area (Å²) in [6, 6.07) is 0. The van der Waals surface area contributed by atoms with E-state index >= 15 is 0 Å². The van der Waals surface area contributed by atoms with Gasteiger partial charge in [0.25, 0.3) is 0 Å². The summed E-state index contributed by atoms with van der Waals surface area (Å²) in [4.78, 5) is 26.2. The van der Waals surface area contributed by atoms with Gasteiger partial charge >= 0.3 is 0 Å². The van der Waals surface area contributed by atoms with Crippen LogP contribution >= 0.6 is 31.9 Å². The average Bonchev–Trinajstić information content (AvgIpc) is 2.46. The first-order valence-corrected chi connectivity index (χ1v) is 7.52. The molecule has 1 aliphatic heterocycles. The summed E-state index contributed by atoms with van der Waals surface area (Å²) in [7, 11) is 0. The predicted molar refractivity (Wildman–Crippen MR) is 68.7 cm³/mol. The van der Waals surface area contributed by atoms with Gasteiger partial charge in [-0.2, -0.15) is 0 Å². The van der Waals surface area contributed by atoms with Gasteiger partial charge in [-0.3, -0.25) is 14.5 Å². The normalized spacial score (nSPS) is 39.1. The fourth-order valence-electron chi connectivity index (χ4n) is 2.61. The highest BCUT2D eigenvalue weighted by atomic mass is 79.9. The number of alkyl halides is 2. The Labute approximate surface area is 112 Å². The smallest absolute Gasteiger partial charge is 0.233 e. The molecule has 0 spiro atoms.